The van der Waals surface area contributed by atoms with Crippen molar-refractivity contribution in [2.45, 2.75) is 19.4 Å². The molecule has 5 nitrogen and oxygen atoms in total. The molecule has 15 heavy (non-hydrogen) atoms. The topological polar surface area (TPSA) is 80.9 Å². The molecule has 7 heteroatoms. The molecule has 0 aromatic carbocycles. The van der Waals surface area contributed by atoms with Crippen LogP contribution in [0.25, 0.3) is 0 Å². The molecule has 1 rings (SSSR count). The van der Waals surface area contributed by atoms with Gasteiger partial charge >= 0.3 is 0 Å². The number of amides is 1. The van der Waals surface area contributed by atoms with Gasteiger partial charge in [0.25, 0.3) is 0 Å². The van der Waals surface area contributed by atoms with E-state index in [9.17, 15) is 4.79 Å². The minimum Gasteiger partial charge on any atom is -0.320 e. The average Bonchev–Trinajstić information content (AvgIpc) is 2.14. The Morgan fingerprint density at radius 1 is 1.60 bits per heavy atom. The van der Waals surface area contributed by atoms with E-state index in [4.69, 9.17) is 28.9 Å². The number of nitrogens with one attached hydrogen (secondary N) is 1. The standard InChI is InChI=1S/C8H10Cl2N4O/c1-2-4(11)7(15)13-6-3-5(9)12-8(10)14-6/h3-4H,2,11H2,1H3,(H,12,13,14,15)/t4-/m1/s1. The lowest BCUT2D eigenvalue weighted by Gasteiger charge is -2.09. The van der Waals surface area contributed by atoms with Gasteiger partial charge in [-0.1, -0.05) is 18.5 Å². The van der Waals surface area contributed by atoms with E-state index in [-0.39, 0.29) is 22.2 Å². The maximum Gasteiger partial charge on any atom is 0.242 e. The molecule has 0 bridgehead atoms. The quantitative estimate of drug-likeness (QED) is 0.627. The summed E-state index contributed by atoms with van der Waals surface area (Å²) in [5, 5.41) is 2.63. The van der Waals surface area contributed by atoms with E-state index in [1.807, 2.05) is 6.92 Å². The summed E-state index contributed by atoms with van der Waals surface area (Å²) in [7, 11) is 0. The molecule has 0 unspecified atom stereocenters. The third-order valence-corrected chi connectivity index (χ3v) is 2.06. The van der Waals surface area contributed by atoms with Gasteiger partial charge in [0, 0.05) is 6.07 Å². The highest BCUT2D eigenvalue weighted by Gasteiger charge is 2.12. The highest BCUT2D eigenvalue weighted by molar-refractivity contribution is 6.32. The molecule has 1 aromatic heterocycles. The zero-order valence-electron chi connectivity index (χ0n) is 8.00. The molecule has 82 valence electrons. The molecule has 1 heterocycles. The van der Waals surface area contributed by atoms with Crippen molar-refractivity contribution < 1.29 is 4.79 Å². The van der Waals surface area contributed by atoms with E-state index in [2.05, 4.69) is 15.3 Å². The van der Waals surface area contributed by atoms with Crippen LogP contribution in [0.2, 0.25) is 10.4 Å². The van der Waals surface area contributed by atoms with Crippen LogP contribution in [0, 0.1) is 0 Å². The molecule has 0 saturated carbocycles. The summed E-state index contributed by atoms with van der Waals surface area (Å²) in [4.78, 5) is 18.8. The number of nitrogens with zero attached hydrogens (tertiary/aromatic N) is 2. The minimum atomic E-state index is -0.572. The van der Waals surface area contributed by atoms with Crippen molar-refractivity contribution in [3.05, 3.63) is 16.5 Å². The second kappa shape index (κ2) is 5.25. The van der Waals surface area contributed by atoms with E-state index >= 15 is 0 Å². The van der Waals surface area contributed by atoms with Crippen LogP contribution in [-0.4, -0.2) is 21.9 Å². The molecule has 0 aliphatic heterocycles. The molecule has 1 amide bonds. The Hall–Kier alpha value is -0.910. The van der Waals surface area contributed by atoms with Crippen molar-refractivity contribution in [3.63, 3.8) is 0 Å². The summed E-state index contributed by atoms with van der Waals surface area (Å²) >= 11 is 11.2. The van der Waals surface area contributed by atoms with Gasteiger partial charge in [-0.3, -0.25) is 4.79 Å². The van der Waals surface area contributed by atoms with E-state index in [1.54, 1.807) is 0 Å². The summed E-state index contributed by atoms with van der Waals surface area (Å²) in [6, 6.07) is 0.825. The first-order valence-corrected chi connectivity index (χ1v) is 5.05. The average molecular weight is 249 g/mol. The van der Waals surface area contributed by atoms with Crippen LogP contribution in [0.1, 0.15) is 13.3 Å². The van der Waals surface area contributed by atoms with E-state index in [0.29, 0.717) is 6.42 Å². The monoisotopic (exact) mass is 248 g/mol. The number of carbonyl (C=O) groups is 1. The molecule has 1 aromatic rings. The van der Waals surface area contributed by atoms with Crippen molar-refractivity contribution >= 4 is 34.9 Å². The van der Waals surface area contributed by atoms with Crippen molar-refractivity contribution in [2.75, 3.05) is 5.32 Å². The zero-order chi connectivity index (χ0) is 11.4. The largest absolute Gasteiger partial charge is 0.320 e. The lowest BCUT2D eigenvalue weighted by Crippen LogP contribution is -2.35. The van der Waals surface area contributed by atoms with Gasteiger partial charge in [0.05, 0.1) is 6.04 Å². The Labute approximate surface area is 97.0 Å². The first kappa shape index (κ1) is 12.2. The highest BCUT2D eigenvalue weighted by Crippen LogP contribution is 2.14. The number of hydrogen-bond donors (Lipinski definition) is 2. The third-order valence-electron chi connectivity index (χ3n) is 1.70. The fourth-order valence-electron chi connectivity index (χ4n) is 0.858. The van der Waals surface area contributed by atoms with Gasteiger partial charge in [0.15, 0.2) is 0 Å². The van der Waals surface area contributed by atoms with Crippen molar-refractivity contribution in [3.8, 4) is 0 Å². The number of carbonyl (C=O) groups excluding carboxylic acids is 1. The Bertz CT molecular complexity index is 351. The Kier molecular flexibility index (Phi) is 4.26. The van der Waals surface area contributed by atoms with Gasteiger partial charge in [-0.05, 0) is 18.0 Å². The summed E-state index contributed by atoms with van der Waals surface area (Å²) in [5.74, 6) is -0.0859. The van der Waals surface area contributed by atoms with Crippen molar-refractivity contribution in [2.24, 2.45) is 5.73 Å². The van der Waals surface area contributed by atoms with E-state index in [0.717, 1.165) is 0 Å². The molecule has 0 aliphatic carbocycles. The van der Waals surface area contributed by atoms with Gasteiger partial charge in [0.1, 0.15) is 11.0 Å². The van der Waals surface area contributed by atoms with Crippen LogP contribution in [0.15, 0.2) is 6.07 Å². The Balaban J connectivity index is 2.76. The Morgan fingerprint density at radius 3 is 2.80 bits per heavy atom. The van der Waals surface area contributed by atoms with Crippen LogP contribution in [-0.2, 0) is 4.79 Å². The molecule has 0 aliphatic rings. The smallest absolute Gasteiger partial charge is 0.242 e. The normalized spacial score (nSPS) is 12.3. The number of halogens is 2. The Morgan fingerprint density at radius 2 is 2.27 bits per heavy atom. The highest BCUT2D eigenvalue weighted by atomic mass is 35.5. The lowest BCUT2D eigenvalue weighted by molar-refractivity contribution is -0.117. The number of rotatable bonds is 3. The molecular formula is C8H10Cl2N4O. The maximum absolute atomic E-state index is 11.4. The molecule has 0 spiro atoms. The second-order valence-corrected chi connectivity index (χ2v) is 3.57. The van der Waals surface area contributed by atoms with Crippen molar-refractivity contribution in [1.29, 1.82) is 0 Å². The van der Waals surface area contributed by atoms with Crippen LogP contribution in [0.4, 0.5) is 5.82 Å². The second-order valence-electron chi connectivity index (χ2n) is 2.85. The lowest BCUT2D eigenvalue weighted by atomic mass is 10.2. The SMILES string of the molecule is CC[C@@H](N)C(=O)Nc1cc(Cl)nc(Cl)n1. The van der Waals surface area contributed by atoms with Crippen LogP contribution < -0.4 is 11.1 Å². The first-order chi connectivity index (χ1) is 7.02. The van der Waals surface area contributed by atoms with Crippen LogP contribution >= 0.6 is 23.2 Å². The molecule has 0 radical (unpaired) electrons. The fraction of sp³-hybridized carbons (Fsp3) is 0.375. The number of aromatic nitrogens is 2. The van der Waals surface area contributed by atoms with Crippen molar-refractivity contribution in [1.82, 2.24) is 9.97 Å². The predicted molar refractivity (Wildman–Crippen MR) is 58.9 cm³/mol. The van der Waals surface area contributed by atoms with Gasteiger partial charge in [-0.25, -0.2) is 9.97 Å². The summed E-state index contributed by atoms with van der Waals surface area (Å²) in [6.07, 6.45) is 0.540. The predicted octanol–water partition coefficient (Wildman–Crippen LogP) is 1.46. The molecular weight excluding hydrogens is 239 g/mol. The molecule has 0 saturated heterocycles. The summed E-state index contributed by atoms with van der Waals surface area (Å²) < 4.78 is 0. The minimum absolute atomic E-state index is 0.0251. The number of nitrogens with two attached hydrogens (primary N) is 1. The zero-order valence-corrected chi connectivity index (χ0v) is 9.51. The fourth-order valence-corrected chi connectivity index (χ4v) is 1.27. The van der Waals surface area contributed by atoms with E-state index in [1.165, 1.54) is 6.07 Å². The van der Waals surface area contributed by atoms with Gasteiger partial charge < -0.3 is 11.1 Å². The van der Waals surface area contributed by atoms with Crippen LogP contribution in [0.3, 0.4) is 0 Å². The van der Waals surface area contributed by atoms with Crippen LogP contribution in [0.5, 0.6) is 0 Å². The van der Waals surface area contributed by atoms with Gasteiger partial charge in [-0.2, -0.15) is 0 Å². The van der Waals surface area contributed by atoms with Gasteiger partial charge in [0.2, 0.25) is 11.2 Å². The number of anilines is 1. The number of hydrogen-bond acceptors (Lipinski definition) is 4. The summed E-state index contributed by atoms with van der Waals surface area (Å²) in [6.45, 7) is 1.81. The molecule has 1 atom stereocenters. The molecule has 0 fully saturated rings. The third kappa shape index (κ3) is 3.62. The maximum atomic E-state index is 11.4. The van der Waals surface area contributed by atoms with Gasteiger partial charge in [-0.15, -0.1) is 0 Å². The first-order valence-electron chi connectivity index (χ1n) is 4.29. The van der Waals surface area contributed by atoms with E-state index < -0.39 is 6.04 Å². The summed E-state index contributed by atoms with van der Waals surface area (Å²) in [5.41, 5.74) is 5.52. The molecule has 3 N–H and O–H groups in total.